The highest BCUT2D eigenvalue weighted by atomic mass is 16.4. The van der Waals surface area contributed by atoms with Crippen LogP contribution in [0.15, 0.2) is 12.2 Å². The Balaban J connectivity index is 3.07. The summed E-state index contributed by atoms with van der Waals surface area (Å²) >= 11 is 0. The third-order valence-electron chi connectivity index (χ3n) is 3.40. The SMILES string of the molecule is CCCCCCCC/C=C\CCCCCCC(=O)O. The molecular weight excluding hydrogens is 236 g/mol. The number of carboxylic acid groups (broad SMARTS) is 1. The predicted octanol–water partition coefficient (Wildman–Crippen LogP) is 5.72. The van der Waals surface area contributed by atoms with Crippen molar-refractivity contribution < 1.29 is 9.90 Å². The van der Waals surface area contributed by atoms with Gasteiger partial charge in [-0.15, -0.1) is 0 Å². The summed E-state index contributed by atoms with van der Waals surface area (Å²) in [5, 5.41) is 8.49. The number of aliphatic carboxylic acids is 1. The van der Waals surface area contributed by atoms with Gasteiger partial charge in [0.15, 0.2) is 0 Å². The second-order valence-electron chi connectivity index (χ2n) is 5.37. The van der Waals surface area contributed by atoms with E-state index in [-0.39, 0.29) is 0 Å². The fraction of sp³-hybridized carbons (Fsp3) is 0.824. The van der Waals surface area contributed by atoms with Crippen molar-refractivity contribution in [2.75, 3.05) is 0 Å². The molecule has 0 amide bonds. The lowest BCUT2D eigenvalue weighted by molar-refractivity contribution is -0.137. The summed E-state index contributed by atoms with van der Waals surface area (Å²) in [5.41, 5.74) is 0. The standard InChI is InChI=1S/C17H32O2/c1-2-3-4-5-6-7-8-9-10-11-12-13-14-15-16-17(18)19/h9-10H,2-8,11-16H2,1H3,(H,18,19)/b10-9-. The molecule has 0 radical (unpaired) electrons. The molecule has 112 valence electrons. The van der Waals surface area contributed by atoms with Gasteiger partial charge in [0, 0.05) is 6.42 Å². The van der Waals surface area contributed by atoms with Crippen LogP contribution in [0.1, 0.15) is 90.4 Å². The van der Waals surface area contributed by atoms with Crippen molar-refractivity contribution in [2.24, 2.45) is 0 Å². The lowest BCUT2D eigenvalue weighted by atomic mass is 10.1. The van der Waals surface area contributed by atoms with Crippen LogP contribution in [-0.2, 0) is 4.79 Å². The van der Waals surface area contributed by atoms with Crippen LogP contribution >= 0.6 is 0 Å². The van der Waals surface area contributed by atoms with E-state index in [0.717, 1.165) is 25.7 Å². The van der Waals surface area contributed by atoms with Gasteiger partial charge in [0.2, 0.25) is 0 Å². The first-order valence-corrected chi connectivity index (χ1v) is 8.14. The van der Waals surface area contributed by atoms with Crippen LogP contribution in [-0.4, -0.2) is 11.1 Å². The maximum Gasteiger partial charge on any atom is 0.303 e. The Bertz CT molecular complexity index is 221. The van der Waals surface area contributed by atoms with E-state index in [9.17, 15) is 4.79 Å². The first-order chi connectivity index (χ1) is 9.27. The predicted molar refractivity (Wildman–Crippen MR) is 82.5 cm³/mol. The molecule has 0 atom stereocenters. The lowest BCUT2D eigenvalue weighted by Gasteiger charge is -1.98. The molecule has 0 heterocycles. The van der Waals surface area contributed by atoms with Crippen LogP contribution in [0, 0.1) is 0 Å². The Kier molecular flexibility index (Phi) is 14.6. The molecule has 0 fully saturated rings. The second-order valence-corrected chi connectivity index (χ2v) is 5.37. The summed E-state index contributed by atoms with van der Waals surface area (Å²) in [5.74, 6) is -0.668. The minimum absolute atomic E-state index is 0.327. The van der Waals surface area contributed by atoms with E-state index in [2.05, 4.69) is 19.1 Å². The molecule has 2 heteroatoms. The molecule has 0 aromatic carbocycles. The molecule has 0 bridgehead atoms. The number of unbranched alkanes of at least 4 members (excludes halogenated alkanes) is 10. The summed E-state index contributed by atoms with van der Waals surface area (Å²) in [4.78, 5) is 10.3. The number of hydrogen-bond donors (Lipinski definition) is 1. The van der Waals surface area contributed by atoms with Crippen molar-refractivity contribution in [3.63, 3.8) is 0 Å². The number of rotatable bonds is 14. The highest BCUT2D eigenvalue weighted by molar-refractivity contribution is 5.66. The van der Waals surface area contributed by atoms with E-state index >= 15 is 0 Å². The van der Waals surface area contributed by atoms with Crippen molar-refractivity contribution >= 4 is 5.97 Å². The molecule has 0 saturated carbocycles. The van der Waals surface area contributed by atoms with Gasteiger partial charge in [-0.2, -0.15) is 0 Å². The van der Waals surface area contributed by atoms with E-state index in [4.69, 9.17) is 5.11 Å². The van der Waals surface area contributed by atoms with Crippen molar-refractivity contribution in [2.45, 2.75) is 90.4 Å². The van der Waals surface area contributed by atoms with Crippen molar-refractivity contribution in [3.8, 4) is 0 Å². The topological polar surface area (TPSA) is 37.3 Å². The highest BCUT2D eigenvalue weighted by Crippen LogP contribution is 2.09. The third-order valence-corrected chi connectivity index (χ3v) is 3.40. The van der Waals surface area contributed by atoms with Gasteiger partial charge in [-0.3, -0.25) is 4.79 Å². The number of allylic oxidation sites excluding steroid dienone is 2. The lowest BCUT2D eigenvalue weighted by Crippen LogP contribution is -1.93. The summed E-state index contributed by atoms with van der Waals surface area (Å²) in [6, 6.07) is 0. The van der Waals surface area contributed by atoms with E-state index in [1.165, 1.54) is 51.4 Å². The van der Waals surface area contributed by atoms with Crippen molar-refractivity contribution in [3.05, 3.63) is 12.2 Å². The van der Waals surface area contributed by atoms with Gasteiger partial charge in [0.1, 0.15) is 0 Å². The molecule has 0 aliphatic rings. The smallest absolute Gasteiger partial charge is 0.303 e. The maximum atomic E-state index is 10.3. The van der Waals surface area contributed by atoms with Gasteiger partial charge < -0.3 is 5.11 Å². The molecule has 0 aromatic heterocycles. The zero-order valence-corrected chi connectivity index (χ0v) is 12.7. The van der Waals surface area contributed by atoms with Gasteiger partial charge in [-0.25, -0.2) is 0 Å². The third kappa shape index (κ3) is 17.2. The Hall–Kier alpha value is -0.790. The number of hydrogen-bond acceptors (Lipinski definition) is 1. The minimum atomic E-state index is -0.668. The normalized spacial score (nSPS) is 11.2. The summed E-state index contributed by atoms with van der Waals surface area (Å²) in [6.45, 7) is 2.25. The largest absolute Gasteiger partial charge is 0.481 e. The van der Waals surface area contributed by atoms with Gasteiger partial charge in [0.25, 0.3) is 0 Å². The Morgan fingerprint density at radius 3 is 1.79 bits per heavy atom. The molecule has 2 nitrogen and oxygen atoms in total. The van der Waals surface area contributed by atoms with Crippen molar-refractivity contribution in [1.82, 2.24) is 0 Å². The molecule has 1 N–H and O–H groups in total. The number of carbonyl (C=O) groups is 1. The monoisotopic (exact) mass is 268 g/mol. The molecular formula is C17H32O2. The molecule has 0 aliphatic heterocycles. The van der Waals surface area contributed by atoms with E-state index in [1.807, 2.05) is 0 Å². The quantitative estimate of drug-likeness (QED) is 0.323. The first kappa shape index (κ1) is 18.2. The van der Waals surface area contributed by atoms with E-state index in [0.29, 0.717) is 6.42 Å². The summed E-state index contributed by atoms with van der Waals surface area (Å²) < 4.78 is 0. The fourth-order valence-electron chi connectivity index (χ4n) is 2.17. The van der Waals surface area contributed by atoms with E-state index < -0.39 is 5.97 Å². The Morgan fingerprint density at radius 2 is 1.26 bits per heavy atom. The average molecular weight is 268 g/mol. The van der Waals surface area contributed by atoms with Crippen LogP contribution in [0.25, 0.3) is 0 Å². The summed E-state index contributed by atoms with van der Waals surface area (Å²) in [6.07, 6.45) is 19.8. The molecule has 0 saturated heterocycles. The van der Waals surface area contributed by atoms with Gasteiger partial charge in [-0.05, 0) is 32.1 Å². The molecule has 0 unspecified atom stereocenters. The average Bonchev–Trinajstić information content (AvgIpc) is 2.39. The van der Waals surface area contributed by atoms with Gasteiger partial charge in [-0.1, -0.05) is 64.0 Å². The molecule has 19 heavy (non-hydrogen) atoms. The second kappa shape index (κ2) is 15.3. The van der Waals surface area contributed by atoms with Crippen LogP contribution in [0.3, 0.4) is 0 Å². The van der Waals surface area contributed by atoms with Crippen LogP contribution < -0.4 is 0 Å². The van der Waals surface area contributed by atoms with Crippen LogP contribution in [0.2, 0.25) is 0 Å². The zero-order valence-electron chi connectivity index (χ0n) is 12.7. The number of carboxylic acids is 1. The van der Waals surface area contributed by atoms with Crippen molar-refractivity contribution in [1.29, 1.82) is 0 Å². The fourth-order valence-corrected chi connectivity index (χ4v) is 2.17. The van der Waals surface area contributed by atoms with E-state index in [1.54, 1.807) is 0 Å². The molecule has 0 rings (SSSR count). The van der Waals surface area contributed by atoms with Crippen LogP contribution in [0.4, 0.5) is 0 Å². The maximum absolute atomic E-state index is 10.3. The summed E-state index contributed by atoms with van der Waals surface area (Å²) in [7, 11) is 0. The molecule has 0 aliphatic carbocycles. The van der Waals surface area contributed by atoms with Crippen LogP contribution in [0.5, 0.6) is 0 Å². The first-order valence-electron chi connectivity index (χ1n) is 8.14. The Morgan fingerprint density at radius 1 is 0.789 bits per heavy atom. The highest BCUT2D eigenvalue weighted by Gasteiger charge is 1.95. The minimum Gasteiger partial charge on any atom is -0.481 e. The van der Waals surface area contributed by atoms with Gasteiger partial charge in [0.05, 0.1) is 0 Å². The Labute approximate surface area is 119 Å². The molecule has 0 aromatic rings. The van der Waals surface area contributed by atoms with Gasteiger partial charge >= 0.3 is 5.97 Å². The zero-order chi connectivity index (χ0) is 14.2. The molecule has 0 spiro atoms.